The molecule has 120 valence electrons. The molecule has 0 aromatic rings. The van der Waals surface area contributed by atoms with Crippen LogP contribution in [0.15, 0.2) is 12.7 Å². The van der Waals surface area contributed by atoms with Gasteiger partial charge >= 0.3 is 12.1 Å². The Morgan fingerprint density at radius 2 is 1.95 bits per heavy atom. The van der Waals surface area contributed by atoms with Crippen molar-refractivity contribution in [2.75, 3.05) is 28.1 Å². The van der Waals surface area contributed by atoms with Crippen LogP contribution in [-0.2, 0) is 23.7 Å². The summed E-state index contributed by atoms with van der Waals surface area (Å²) in [5, 5.41) is 0. The maximum atomic E-state index is 12.1. The standard InChI is InChI=1S/C14H23NO6/c1-6-10-7-11(21-8-18-3)9(2)15(14(17)20-5)12(10)13(16)19-4/h6,9-12H,1,7-8H2,2-5H3/t9-,10-,11-,12-/m0/s1. The number of carbonyl (C=O) groups excluding carboxylic acids is 2. The van der Waals surface area contributed by atoms with Crippen LogP contribution in [0.1, 0.15) is 13.3 Å². The first-order valence-corrected chi connectivity index (χ1v) is 6.69. The predicted molar refractivity (Wildman–Crippen MR) is 74.6 cm³/mol. The Bertz CT molecular complexity index is 386. The molecule has 1 aliphatic heterocycles. The van der Waals surface area contributed by atoms with Gasteiger partial charge in [0, 0.05) is 13.0 Å². The lowest BCUT2D eigenvalue weighted by atomic mass is 9.84. The van der Waals surface area contributed by atoms with Crippen molar-refractivity contribution in [3.05, 3.63) is 12.7 Å². The van der Waals surface area contributed by atoms with Gasteiger partial charge in [0.1, 0.15) is 12.8 Å². The Morgan fingerprint density at radius 3 is 2.43 bits per heavy atom. The van der Waals surface area contributed by atoms with E-state index in [1.54, 1.807) is 13.0 Å². The van der Waals surface area contributed by atoms with Crippen molar-refractivity contribution in [1.29, 1.82) is 0 Å². The van der Waals surface area contributed by atoms with Crippen LogP contribution in [0.3, 0.4) is 0 Å². The van der Waals surface area contributed by atoms with Gasteiger partial charge in [-0.3, -0.25) is 4.90 Å². The molecule has 0 radical (unpaired) electrons. The summed E-state index contributed by atoms with van der Waals surface area (Å²) in [6.45, 7) is 5.64. The zero-order valence-electron chi connectivity index (χ0n) is 12.9. The molecular weight excluding hydrogens is 278 g/mol. The normalized spacial score (nSPS) is 28.9. The molecule has 0 spiro atoms. The van der Waals surface area contributed by atoms with E-state index in [1.807, 2.05) is 0 Å². The molecule has 1 fully saturated rings. The first-order chi connectivity index (χ1) is 10.0. The van der Waals surface area contributed by atoms with Gasteiger partial charge in [-0.1, -0.05) is 6.08 Å². The summed E-state index contributed by atoms with van der Waals surface area (Å²) >= 11 is 0. The third-order valence-electron chi connectivity index (χ3n) is 3.72. The van der Waals surface area contributed by atoms with Gasteiger partial charge in [0.05, 0.1) is 26.4 Å². The fourth-order valence-electron chi connectivity index (χ4n) is 2.62. The van der Waals surface area contributed by atoms with E-state index in [1.165, 1.54) is 26.2 Å². The molecule has 1 saturated heterocycles. The van der Waals surface area contributed by atoms with Gasteiger partial charge in [-0.2, -0.15) is 0 Å². The molecule has 1 amide bonds. The summed E-state index contributed by atoms with van der Waals surface area (Å²) in [5.41, 5.74) is 0. The highest BCUT2D eigenvalue weighted by atomic mass is 16.7. The molecule has 7 nitrogen and oxygen atoms in total. The first-order valence-electron chi connectivity index (χ1n) is 6.69. The van der Waals surface area contributed by atoms with Crippen LogP contribution >= 0.6 is 0 Å². The highest BCUT2D eigenvalue weighted by Gasteiger charge is 2.47. The van der Waals surface area contributed by atoms with Crippen molar-refractivity contribution in [3.63, 3.8) is 0 Å². The van der Waals surface area contributed by atoms with Crippen molar-refractivity contribution in [2.24, 2.45) is 5.92 Å². The third-order valence-corrected chi connectivity index (χ3v) is 3.72. The van der Waals surface area contributed by atoms with Crippen LogP contribution in [0.4, 0.5) is 4.79 Å². The molecule has 0 N–H and O–H groups in total. The highest BCUT2D eigenvalue weighted by Crippen LogP contribution is 2.32. The van der Waals surface area contributed by atoms with E-state index in [0.29, 0.717) is 6.42 Å². The molecular formula is C14H23NO6. The van der Waals surface area contributed by atoms with Crippen molar-refractivity contribution in [3.8, 4) is 0 Å². The molecule has 0 aromatic carbocycles. The summed E-state index contributed by atoms with van der Waals surface area (Å²) in [4.78, 5) is 25.5. The second kappa shape index (κ2) is 7.99. The number of piperidine rings is 1. The van der Waals surface area contributed by atoms with Crippen molar-refractivity contribution in [1.82, 2.24) is 4.90 Å². The van der Waals surface area contributed by atoms with E-state index >= 15 is 0 Å². The molecule has 0 bridgehead atoms. The number of likely N-dealkylation sites (tertiary alicyclic amines) is 1. The zero-order chi connectivity index (χ0) is 16.0. The Balaban J connectivity index is 3.08. The van der Waals surface area contributed by atoms with Crippen LogP contribution < -0.4 is 0 Å². The highest BCUT2D eigenvalue weighted by molar-refractivity contribution is 5.82. The SMILES string of the molecule is C=C[C@H]1C[C@H](OCOC)[C@H](C)N(C(=O)OC)[C@@H]1C(=O)OC. The second-order valence-corrected chi connectivity index (χ2v) is 4.83. The van der Waals surface area contributed by atoms with Gasteiger partial charge < -0.3 is 18.9 Å². The zero-order valence-corrected chi connectivity index (χ0v) is 12.9. The van der Waals surface area contributed by atoms with Crippen LogP contribution in [0.25, 0.3) is 0 Å². The van der Waals surface area contributed by atoms with E-state index in [-0.39, 0.29) is 24.9 Å². The van der Waals surface area contributed by atoms with Crippen molar-refractivity contribution >= 4 is 12.1 Å². The number of rotatable bonds is 5. The van der Waals surface area contributed by atoms with Gasteiger partial charge in [0.2, 0.25) is 0 Å². The molecule has 0 aliphatic carbocycles. The Labute approximate surface area is 124 Å². The predicted octanol–water partition coefficient (Wildman–Crippen LogP) is 1.18. The maximum Gasteiger partial charge on any atom is 0.410 e. The second-order valence-electron chi connectivity index (χ2n) is 4.83. The van der Waals surface area contributed by atoms with Crippen molar-refractivity contribution in [2.45, 2.75) is 31.5 Å². The van der Waals surface area contributed by atoms with Gasteiger partial charge in [-0.05, 0) is 13.3 Å². The van der Waals surface area contributed by atoms with E-state index in [0.717, 1.165) is 0 Å². The van der Waals surface area contributed by atoms with E-state index < -0.39 is 18.1 Å². The minimum absolute atomic E-state index is 0.108. The number of methoxy groups -OCH3 is 3. The number of amides is 1. The van der Waals surface area contributed by atoms with E-state index in [9.17, 15) is 9.59 Å². The molecule has 0 unspecified atom stereocenters. The summed E-state index contributed by atoms with van der Waals surface area (Å²) in [5.74, 6) is -0.781. The molecule has 0 aromatic heterocycles. The first kappa shape index (κ1) is 17.5. The number of esters is 1. The van der Waals surface area contributed by atoms with Gasteiger partial charge in [0.25, 0.3) is 0 Å². The molecule has 1 aliphatic rings. The monoisotopic (exact) mass is 301 g/mol. The smallest absolute Gasteiger partial charge is 0.410 e. The molecule has 1 rings (SSSR count). The van der Waals surface area contributed by atoms with Gasteiger partial charge in [-0.25, -0.2) is 9.59 Å². The number of ether oxygens (including phenoxy) is 4. The summed E-state index contributed by atoms with van der Waals surface area (Å²) < 4.78 is 20.1. The van der Waals surface area contributed by atoms with Crippen LogP contribution in [0.5, 0.6) is 0 Å². The quantitative estimate of drug-likeness (QED) is 0.431. The van der Waals surface area contributed by atoms with Crippen molar-refractivity contribution < 1.29 is 28.5 Å². The number of nitrogens with zero attached hydrogens (tertiary/aromatic N) is 1. The van der Waals surface area contributed by atoms with Gasteiger partial charge in [0.15, 0.2) is 0 Å². The maximum absolute atomic E-state index is 12.1. The summed E-state index contributed by atoms with van der Waals surface area (Å²) in [6, 6.07) is -1.12. The molecule has 4 atom stereocenters. The number of hydrogen-bond acceptors (Lipinski definition) is 6. The summed E-state index contributed by atoms with van der Waals surface area (Å²) in [6.07, 6.45) is 1.29. The van der Waals surface area contributed by atoms with E-state index in [2.05, 4.69) is 6.58 Å². The Morgan fingerprint density at radius 1 is 1.29 bits per heavy atom. The third kappa shape index (κ3) is 3.74. The molecule has 1 heterocycles. The molecule has 21 heavy (non-hydrogen) atoms. The minimum atomic E-state index is -0.766. The topological polar surface area (TPSA) is 74.3 Å². The van der Waals surface area contributed by atoms with Crippen LogP contribution in [-0.4, -0.2) is 63.3 Å². The minimum Gasteiger partial charge on any atom is -0.467 e. The van der Waals surface area contributed by atoms with E-state index in [4.69, 9.17) is 18.9 Å². The lowest BCUT2D eigenvalue weighted by molar-refractivity contribution is -0.160. The average molecular weight is 301 g/mol. The fourth-order valence-corrected chi connectivity index (χ4v) is 2.62. The average Bonchev–Trinajstić information content (AvgIpc) is 2.51. The lowest BCUT2D eigenvalue weighted by Gasteiger charge is -2.45. The van der Waals surface area contributed by atoms with Crippen LogP contribution in [0.2, 0.25) is 0 Å². The summed E-state index contributed by atoms with van der Waals surface area (Å²) in [7, 11) is 4.08. The number of carbonyl (C=O) groups is 2. The fraction of sp³-hybridized carbons (Fsp3) is 0.714. The van der Waals surface area contributed by atoms with Gasteiger partial charge in [-0.15, -0.1) is 6.58 Å². The molecule has 0 saturated carbocycles. The lowest BCUT2D eigenvalue weighted by Crippen LogP contribution is -2.61. The molecule has 7 heteroatoms. The number of hydrogen-bond donors (Lipinski definition) is 0. The largest absolute Gasteiger partial charge is 0.467 e. The Kier molecular flexibility index (Phi) is 6.64. The Hall–Kier alpha value is -1.60. The van der Waals surface area contributed by atoms with Crippen LogP contribution in [0, 0.1) is 5.92 Å².